The van der Waals surface area contributed by atoms with Crippen LogP contribution in [0.25, 0.3) is 11.4 Å². The number of nitrogens with zero attached hydrogens (tertiary/aromatic N) is 6. The standard InChI is InChI=1S/C22H30N8S/c1-22(2,3)15-11-9-14(10-12-15)18-28-29-21(30(18)16-7-5-4-6-8-16)31-13-17-25-19(23)27-20(24)26-17/h9-12,16H,4-8,13H2,1-3H3,(H4,23,24,25,26,27). The predicted octanol–water partition coefficient (Wildman–Crippen LogP) is 4.39. The van der Waals surface area contributed by atoms with E-state index in [2.05, 4.69) is 74.8 Å². The van der Waals surface area contributed by atoms with Gasteiger partial charge in [0.2, 0.25) is 11.9 Å². The molecule has 0 aliphatic heterocycles. The fourth-order valence-electron chi connectivity index (χ4n) is 4.01. The minimum absolute atomic E-state index is 0.116. The van der Waals surface area contributed by atoms with Crippen LogP contribution in [0, 0.1) is 0 Å². The summed E-state index contributed by atoms with van der Waals surface area (Å²) in [7, 11) is 0. The van der Waals surface area contributed by atoms with Crippen LogP contribution in [-0.2, 0) is 11.2 Å². The number of thioether (sulfide) groups is 1. The molecule has 1 aliphatic rings. The molecule has 9 heteroatoms. The highest BCUT2D eigenvalue weighted by atomic mass is 32.2. The van der Waals surface area contributed by atoms with E-state index in [0.717, 1.165) is 29.4 Å². The number of benzene rings is 1. The monoisotopic (exact) mass is 438 g/mol. The Hall–Kier alpha value is -2.68. The second-order valence-corrected chi connectivity index (χ2v) is 9.99. The number of aromatic nitrogens is 6. The van der Waals surface area contributed by atoms with E-state index in [1.807, 2.05) is 0 Å². The smallest absolute Gasteiger partial charge is 0.225 e. The van der Waals surface area contributed by atoms with Crippen molar-refractivity contribution < 1.29 is 0 Å². The van der Waals surface area contributed by atoms with Crippen LogP contribution in [0.5, 0.6) is 0 Å². The molecule has 1 fully saturated rings. The van der Waals surface area contributed by atoms with Crippen molar-refractivity contribution in [3.05, 3.63) is 35.7 Å². The molecule has 164 valence electrons. The van der Waals surface area contributed by atoms with Gasteiger partial charge in [0.25, 0.3) is 0 Å². The van der Waals surface area contributed by atoms with Gasteiger partial charge in [0.05, 0.1) is 5.75 Å². The first-order chi connectivity index (χ1) is 14.8. The summed E-state index contributed by atoms with van der Waals surface area (Å²) in [6.45, 7) is 6.67. The third-order valence-electron chi connectivity index (χ3n) is 5.66. The van der Waals surface area contributed by atoms with Gasteiger partial charge in [-0.2, -0.15) is 15.0 Å². The molecule has 1 aliphatic carbocycles. The van der Waals surface area contributed by atoms with Gasteiger partial charge in [-0.15, -0.1) is 10.2 Å². The molecule has 0 spiro atoms. The molecule has 4 N–H and O–H groups in total. The van der Waals surface area contributed by atoms with E-state index >= 15 is 0 Å². The first kappa shape index (κ1) is 21.5. The molecule has 1 aromatic carbocycles. The Kier molecular flexibility index (Phi) is 6.13. The van der Waals surface area contributed by atoms with Crippen LogP contribution >= 0.6 is 11.8 Å². The Balaban J connectivity index is 1.65. The van der Waals surface area contributed by atoms with Gasteiger partial charge in [-0.25, -0.2) is 0 Å². The highest BCUT2D eigenvalue weighted by Crippen LogP contribution is 2.36. The zero-order valence-electron chi connectivity index (χ0n) is 18.4. The van der Waals surface area contributed by atoms with Gasteiger partial charge in [0.15, 0.2) is 11.0 Å². The summed E-state index contributed by atoms with van der Waals surface area (Å²) in [5.74, 6) is 2.24. The summed E-state index contributed by atoms with van der Waals surface area (Å²) in [5, 5.41) is 10.0. The van der Waals surface area contributed by atoms with Gasteiger partial charge >= 0.3 is 0 Å². The minimum Gasteiger partial charge on any atom is -0.368 e. The Labute approximate surface area is 187 Å². The molecule has 0 atom stereocenters. The first-order valence-electron chi connectivity index (χ1n) is 10.8. The van der Waals surface area contributed by atoms with Crippen LogP contribution in [-0.4, -0.2) is 29.7 Å². The van der Waals surface area contributed by atoms with Gasteiger partial charge < -0.3 is 11.5 Å². The summed E-state index contributed by atoms with van der Waals surface area (Å²) >= 11 is 1.56. The van der Waals surface area contributed by atoms with Gasteiger partial charge in [0.1, 0.15) is 5.82 Å². The lowest BCUT2D eigenvalue weighted by Crippen LogP contribution is -2.15. The highest BCUT2D eigenvalue weighted by Gasteiger charge is 2.24. The third kappa shape index (κ3) is 4.98. The molecule has 0 bridgehead atoms. The molecule has 2 aromatic heterocycles. The van der Waals surface area contributed by atoms with E-state index in [4.69, 9.17) is 11.5 Å². The summed E-state index contributed by atoms with van der Waals surface area (Å²) in [6, 6.07) is 9.10. The number of nitrogen functional groups attached to an aromatic ring is 2. The van der Waals surface area contributed by atoms with Crippen molar-refractivity contribution >= 4 is 23.7 Å². The van der Waals surface area contributed by atoms with Gasteiger partial charge in [-0.05, 0) is 23.8 Å². The molecular weight excluding hydrogens is 408 g/mol. The lowest BCUT2D eigenvalue weighted by Gasteiger charge is -2.26. The molecule has 0 unspecified atom stereocenters. The third-order valence-corrected chi connectivity index (χ3v) is 6.60. The fraction of sp³-hybridized carbons (Fsp3) is 0.500. The van der Waals surface area contributed by atoms with Crippen LogP contribution < -0.4 is 11.5 Å². The number of anilines is 2. The summed E-state index contributed by atoms with van der Waals surface area (Å²) in [5.41, 5.74) is 13.9. The van der Waals surface area contributed by atoms with Crippen molar-refractivity contribution in [3.63, 3.8) is 0 Å². The molecule has 0 amide bonds. The molecule has 4 rings (SSSR count). The average molecular weight is 439 g/mol. The lowest BCUT2D eigenvalue weighted by atomic mass is 9.86. The molecule has 31 heavy (non-hydrogen) atoms. The Morgan fingerprint density at radius 3 is 2.19 bits per heavy atom. The zero-order chi connectivity index (χ0) is 22.0. The molecule has 1 saturated carbocycles. The van der Waals surface area contributed by atoms with Crippen LogP contribution in [0.1, 0.15) is 70.3 Å². The minimum atomic E-state index is 0.116. The quantitative estimate of drug-likeness (QED) is 0.563. The average Bonchev–Trinajstić information content (AvgIpc) is 3.16. The van der Waals surface area contributed by atoms with E-state index < -0.39 is 0 Å². The van der Waals surface area contributed by atoms with Crippen molar-refractivity contribution in [2.75, 3.05) is 11.5 Å². The van der Waals surface area contributed by atoms with Gasteiger partial charge in [-0.3, -0.25) is 4.57 Å². The van der Waals surface area contributed by atoms with Crippen LogP contribution in [0.2, 0.25) is 0 Å². The van der Waals surface area contributed by atoms with Crippen molar-refractivity contribution in [1.82, 2.24) is 29.7 Å². The van der Waals surface area contributed by atoms with E-state index in [-0.39, 0.29) is 17.3 Å². The fourth-order valence-corrected chi connectivity index (χ4v) is 4.87. The molecular formula is C22H30N8S. The van der Waals surface area contributed by atoms with Crippen LogP contribution in [0.15, 0.2) is 29.4 Å². The molecule has 3 aromatic rings. The summed E-state index contributed by atoms with van der Waals surface area (Å²) < 4.78 is 2.31. The Morgan fingerprint density at radius 1 is 0.935 bits per heavy atom. The molecule has 8 nitrogen and oxygen atoms in total. The van der Waals surface area contributed by atoms with Crippen molar-refractivity contribution in [2.45, 2.75) is 75.2 Å². The maximum absolute atomic E-state index is 5.71. The number of hydrogen-bond acceptors (Lipinski definition) is 8. The summed E-state index contributed by atoms with van der Waals surface area (Å²) in [6.07, 6.45) is 6.04. The van der Waals surface area contributed by atoms with Gasteiger partial charge in [-0.1, -0.05) is 76.1 Å². The van der Waals surface area contributed by atoms with Crippen molar-refractivity contribution in [2.24, 2.45) is 0 Å². The Morgan fingerprint density at radius 2 is 1.58 bits per heavy atom. The van der Waals surface area contributed by atoms with Crippen LogP contribution in [0.4, 0.5) is 11.9 Å². The van der Waals surface area contributed by atoms with E-state index in [9.17, 15) is 0 Å². The predicted molar refractivity (Wildman–Crippen MR) is 124 cm³/mol. The molecule has 0 saturated heterocycles. The first-order valence-corrected chi connectivity index (χ1v) is 11.7. The molecule has 2 heterocycles. The zero-order valence-corrected chi connectivity index (χ0v) is 19.2. The second kappa shape index (κ2) is 8.82. The van der Waals surface area contributed by atoms with E-state index in [1.54, 1.807) is 11.8 Å². The number of nitrogens with two attached hydrogens (primary N) is 2. The van der Waals surface area contributed by atoms with Crippen LogP contribution in [0.3, 0.4) is 0 Å². The second-order valence-electron chi connectivity index (χ2n) is 9.05. The maximum atomic E-state index is 5.71. The van der Waals surface area contributed by atoms with Crippen molar-refractivity contribution in [1.29, 1.82) is 0 Å². The SMILES string of the molecule is CC(C)(C)c1ccc(-c2nnc(SCc3nc(N)nc(N)n3)n2C2CCCCC2)cc1. The topological polar surface area (TPSA) is 121 Å². The van der Waals surface area contributed by atoms with E-state index in [0.29, 0.717) is 17.6 Å². The molecule has 0 radical (unpaired) electrons. The van der Waals surface area contributed by atoms with Gasteiger partial charge in [0, 0.05) is 11.6 Å². The highest BCUT2D eigenvalue weighted by molar-refractivity contribution is 7.98. The maximum Gasteiger partial charge on any atom is 0.225 e. The normalized spacial score (nSPS) is 15.3. The lowest BCUT2D eigenvalue weighted by molar-refractivity contribution is 0.339. The van der Waals surface area contributed by atoms with Crippen molar-refractivity contribution in [3.8, 4) is 11.4 Å². The number of rotatable bonds is 5. The summed E-state index contributed by atoms with van der Waals surface area (Å²) in [4.78, 5) is 12.2. The largest absolute Gasteiger partial charge is 0.368 e. The Bertz CT molecular complexity index is 1010. The number of hydrogen-bond donors (Lipinski definition) is 2. The van der Waals surface area contributed by atoms with E-state index in [1.165, 1.54) is 24.8 Å².